The Morgan fingerprint density at radius 3 is 2.76 bits per heavy atom. The third kappa shape index (κ3) is 3.89. The molecule has 2 heterocycles. The van der Waals surface area contributed by atoms with Gasteiger partial charge in [0.1, 0.15) is 5.76 Å². The number of H-pyrrole nitrogens is 1. The lowest BCUT2D eigenvalue weighted by molar-refractivity contribution is 0.0669. The summed E-state index contributed by atoms with van der Waals surface area (Å²) in [6, 6.07) is 1.60. The number of aromatic amines is 1. The highest BCUT2D eigenvalue weighted by Gasteiger charge is 2.36. The largest absolute Gasteiger partial charge is 0.453 e. The molecule has 6 heteroatoms. The normalized spacial score (nSPS) is 23.1. The molecule has 0 unspecified atom stereocenters. The predicted molar refractivity (Wildman–Crippen MR) is 78.3 cm³/mol. The number of rotatable bonds is 2. The van der Waals surface area contributed by atoms with Crippen molar-refractivity contribution in [3.63, 3.8) is 0 Å². The van der Waals surface area contributed by atoms with Gasteiger partial charge in [-0.05, 0) is 24.7 Å². The van der Waals surface area contributed by atoms with Crippen LogP contribution in [0.5, 0.6) is 0 Å². The van der Waals surface area contributed by atoms with Gasteiger partial charge in [-0.15, -0.1) is 0 Å². The van der Waals surface area contributed by atoms with Crippen LogP contribution in [-0.2, 0) is 4.74 Å². The number of nitrogens with zero attached hydrogens (tertiary/aromatic N) is 1. The van der Waals surface area contributed by atoms with E-state index < -0.39 is 0 Å². The van der Waals surface area contributed by atoms with Crippen molar-refractivity contribution in [2.45, 2.75) is 52.0 Å². The van der Waals surface area contributed by atoms with E-state index in [0.29, 0.717) is 12.3 Å². The van der Waals surface area contributed by atoms with Crippen molar-refractivity contribution in [3.05, 3.63) is 22.2 Å². The predicted octanol–water partition coefficient (Wildman–Crippen LogP) is 2.72. The minimum atomic E-state index is -0.279. The summed E-state index contributed by atoms with van der Waals surface area (Å²) in [5.74, 6) is 0.848. The molecule has 1 saturated heterocycles. The average molecular weight is 296 g/mol. The summed E-state index contributed by atoms with van der Waals surface area (Å²) in [6.07, 6.45) is 2.16. The average Bonchev–Trinajstić information content (AvgIpc) is 2.82. The van der Waals surface area contributed by atoms with Crippen LogP contribution in [0, 0.1) is 5.41 Å². The molecule has 1 aromatic rings. The van der Waals surface area contributed by atoms with E-state index in [-0.39, 0.29) is 29.0 Å². The van der Waals surface area contributed by atoms with Gasteiger partial charge in [-0.2, -0.15) is 5.16 Å². The van der Waals surface area contributed by atoms with Crippen molar-refractivity contribution in [1.82, 2.24) is 10.1 Å². The van der Waals surface area contributed by atoms with Crippen molar-refractivity contribution in [1.29, 1.82) is 0 Å². The highest BCUT2D eigenvalue weighted by molar-refractivity contribution is 5.68. The van der Waals surface area contributed by atoms with Gasteiger partial charge >= 0.3 is 6.09 Å². The molecule has 1 aromatic heterocycles. The van der Waals surface area contributed by atoms with Crippen molar-refractivity contribution in [2.24, 2.45) is 5.41 Å². The molecule has 1 aliphatic rings. The van der Waals surface area contributed by atoms with Crippen LogP contribution in [0.2, 0.25) is 0 Å². The first kappa shape index (κ1) is 15.7. The van der Waals surface area contributed by atoms with Gasteiger partial charge in [0.15, 0.2) is 0 Å². The molecular weight excluding hydrogens is 272 g/mol. The monoisotopic (exact) mass is 296 g/mol. The Bertz CT molecular complexity index is 540. The molecule has 1 amide bonds. The van der Waals surface area contributed by atoms with Crippen molar-refractivity contribution in [2.75, 3.05) is 13.7 Å². The summed E-state index contributed by atoms with van der Waals surface area (Å²) in [5.41, 5.74) is -0.106. The topological polar surface area (TPSA) is 75.5 Å². The molecule has 0 spiro atoms. The first-order valence-electron chi connectivity index (χ1n) is 7.33. The summed E-state index contributed by atoms with van der Waals surface area (Å²) in [4.78, 5) is 25.0. The summed E-state index contributed by atoms with van der Waals surface area (Å²) in [7, 11) is 1.41. The fourth-order valence-corrected chi connectivity index (χ4v) is 3.07. The molecule has 1 fully saturated rings. The number of hydrogen-bond donors (Lipinski definition) is 1. The molecule has 2 atom stereocenters. The molecule has 6 nitrogen and oxygen atoms in total. The number of nitrogens with one attached hydrogen (secondary N) is 1. The molecule has 0 saturated carbocycles. The Hall–Kier alpha value is -1.72. The number of carbonyl (C=O) groups excluding carboxylic acids is 1. The van der Waals surface area contributed by atoms with Gasteiger partial charge in [0.05, 0.1) is 7.11 Å². The summed E-state index contributed by atoms with van der Waals surface area (Å²) in [5, 5.41) is 2.34. The second-order valence-electron chi connectivity index (χ2n) is 6.92. The van der Waals surface area contributed by atoms with E-state index >= 15 is 0 Å². The number of methoxy groups -OCH3 is 1. The van der Waals surface area contributed by atoms with Crippen molar-refractivity contribution >= 4 is 6.09 Å². The van der Waals surface area contributed by atoms with E-state index in [2.05, 4.69) is 25.9 Å². The Balaban J connectivity index is 2.16. The van der Waals surface area contributed by atoms with Crippen LogP contribution in [0.25, 0.3) is 0 Å². The number of likely N-dealkylation sites (tertiary alicyclic amines) is 1. The third-order valence-electron chi connectivity index (χ3n) is 3.92. The second-order valence-corrected chi connectivity index (χ2v) is 6.92. The van der Waals surface area contributed by atoms with Crippen LogP contribution in [0.15, 0.2) is 15.4 Å². The minimum Gasteiger partial charge on any atom is -0.453 e. The maximum atomic E-state index is 11.9. The highest BCUT2D eigenvalue weighted by Crippen LogP contribution is 2.36. The third-order valence-corrected chi connectivity index (χ3v) is 3.92. The number of hydrogen-bond acceptors (Lipinski definition) is 4. The Kier molecular flexibility index (Phi) is 4.44. The standard InChI is InChI=1S/C15H24N2O4/c1-15(2,3)9-11-7-10(12-8-13(18)16-21-12)5-6-17(11)14(19)20-4/h8,10-11H,5-7,9H2,1-4H3,(H,16,18)/t10-,11+/m0/s1. The molecule has 1 N–H and O–H groups in total. The van der Waals surface area contributed by atoms with Gasteiger partial charge in [0, 0.05) is 24.6 Å². The summed E-state index contributed by atoms with van der Waals surface area (Å²) >= 11 is 0. The Morgan fingerprint density at radius 2 is 2.24 bits per heavy atom. The molecule has 0 aliphatic carbocycles. The minimum absolute atomic E-state index is 0.0939. The van der Waals surface area contributed by atoms with Gasteiger partial charge in [-0.25, -0.2) is 4.79 Å². The van der Waals surface area contributed by atoms with Crippen LogP contribution in [0.4, 0.5) is 4.79 Å². The maximum Gasteiger partial charge on any atom is 0.409 e. The van der Waals surface area contributed by atoms with Gasteiger partial charge in [0.25, 0.3) is 5.56 Å². The van der Waals surface area contributed by atoms with Crippen molar-refractivity contribution < 1.29 is 14.1 Å². The second kappa shape index (κ2) is 5.95. The Morgan fingerprint density at radius 1 is 1.52 bits per heavy atom. The molecular formula is C15H24N2O4. The van der Waals surface area contributed by atoms with E-state index in [1.165, 1.54) is 13.2 Å². The molecule has 1 aliphatic heterocycles. The zero-order valence-corrected chi connectivity index (χ0v) is 13.1. The lowest BCUT2D eigenvalue weighted by atomic mass is 9.80. The Labute approximate surface area is 124 Å². The van der Waals surface area contributed by atoms with Crippen LogP contribution in [0.3, 0.4) is 0 Å². The first-order chi connectivity index (χ1) is 9.80. The van der Waals surface area contributed by atoms with E-state index in [4.69, 9.17) is 9.26 Å². The van der Waals surface area contributed by atoms with E-state index in [1.54, 1.807) is 4.90 Å². The van der Waals surface area contributed by atoms with E-state index in [1.807, 2.05) is 0 Å². The van der Waals surface area contributed by atoms with E-state index in [9.17, 15) is 9.59 Å². The molecule has 0 radical (unpaired) electrons. The number of ether oxygens (including phenoxy) is 1. The smallest absolute Gasteiger partial charge is 0.409 e. The van der Waals surface area contributed by atoms with Crippen LogP contribution < -0.4 is 5.56 Å². The zero-order chi connectivity index (χ0) is 15.6. The molecule has 0 aromatic carbocycles. The van der Waals surface area contributed by atoms with Crippen LogP contribution in [-0.4, -0.2) is 35.8 Å². The number of amides is 1. The van der Waals surface area contributed by atoms with E-state index in [0.717, 1.165) is 19.3 Å². The quantitative estimate of drug-likeness (QED) is 0.910. The lowest BCUT2D eigenvalue weighted by Gasteiger charge is -2.40. The van der Waals surface area contributed by atoms with Gasteiger partial charge < -0.3 is 14.2 Å². The van der Waals surface area contributed by atoms with Gasteiger partial charge in [-0.1, -0.05) is 20.8 Å². The fourth-order valence-electron chi connectivity index (χ4n) is 3.07. The number of carbonyl (C=O) groups is 1. The fraction of sp³-hybridized carbons (Fsp3) is 0.733. The van der Waals surface area contributed by atoms with Crippen molar-refractivity contribution in [3.8, 4) is 0 Å². The highest BCUT2D eigenvalue weighted by atomic mass is 16.5. The molecule has 0 bridgehead atoms. The number of piperidine rings is 1. The number of aromatic nitrogens is 1. The first-order valence-corrected chi connectivity index (χ1v) is 7.33. The van der Waals surface area contributed by atoms with Crippen LogP contribution in [0.1, 0.15) is 51.7 Å². The van der Waals surface area contributed by atoms with Gasteiger partial charge in [0.2, 0.25) is 0 Å². The maximum absolute atomic E-state index is 11.9. The zero-order valence-electron chi connectivity index (χ0n) is 13.1. The molecule has 118 valence electrons. The summed E-state index contributed by atoms with van der Waals surface area (Å²) < 4.78 is 10.1. The lowest BCUT2D eigenvalue weighted by Crippen LogP contribution is -2.47. The molecule has 2 rings (SSSR count). The molecule has 21 heavy (non-hydrogen) atoms. The van der Waals surface area contributed by atoms with Gasteiger partial charge in [-0.3, -0.25) is 4.79 Å². The SMILES string of the molecule is COC(=O)N1CC[C@H](c2cc(=O)[nH]o2)C[C@@H]1CC(C)(C)C. The van der Waals surface area contributed by atoms with Crippen LogP contribution >= 0.6 is 0 Å². The summed E-state index contributed by atoms with van der Waals surface area (Å²) in [6.45, 7) is 7.08.